The van der Waals surface area contributed by atoms with E-state index < -0.39 is 0 Å². The number of allylic oxidation sites excluding steroid dienone is 1. The highest BCUT2D eigenvalue weighted by atomic mass is 35.5. The minimum Gasteiger partial charge on any atom is -0.242 e. The van der Waals surface area contributed by atoms with Crippen molar-refractivity contribution in [3.63, 3.8) is 0 Å². The molecule has 1 N–H and O–H groups in total. The molecule has 0 radical (unpaired) electrons. The zero-order valence-electron chi connectivity index (χ0n) is 6.13. The van der Waals surface area contributed by atoms with E-state index in [0.717, 1.165) is 12.8 Å². The van der Waals surface area contributed by atoms with E-state index in [-0.39, 0.29) is 18.4 Å². The molecule has 0 spiro atoms. The van der Waals surface area contributed by atoms with E-state index in [4.69, 9.17) is 5.41 Å². The Bertz CT molecular complexity index is 128. The smallest absolute Gasteiger partial charge is 0.0864 e. The second kappa shape index (κ2) is 8.41. The van der Waals surface area contributed by atoms with Crippen LogP contribution in [0.5, 0.6) is 0 Å². The third-order valence-corrected chi connectivity index (χ3v) is 1.07. The summed E-state index contributed by atoms with van der Waals surface area (Å²) in [6.45, 7) is 5.55. The van der Waals surface area contributed by atoms with Crippen LogP contribution in [0, 0.1) is 5.41 Å². The number of aliphatic imine (C=N–C) groups is 1. The molecule has 0 fully saturated rings. The van der Waals surface area contributed by atoms with Gasteiger partial charge in [-0.3, -0.25) is 0 Å². The van der Waals surface area contributed by atoms with Crippen LogP contribution in [0.25, 0.3) is 0 Å². The summed E-state index contributed by atoms with van der Waals surface area (Å²) < 4.78 is 0. The molecule has 0 saturated carbocycles. The van der Waals surface area contributed by atoms with Crippen molar-refractivity contribution in [2.75, 3.05) is 0 Å². The fraction of sp³-hybridized carbons (Fsp3) is 0.571. The van der Waals surface area contributed by atoms with Gasteiger partial charge in [-0.15, -0.1) is 19.0 Å². The van der Waals surface area contributed by atoms with E-state index >= 15 is 0 Å². The summed E-state index contributed by atoms with van der Waals surface area (Å²) in [4.78, 5) is 3.73. The Labute approximate surface area is 68.0 Å². The van der Waals surface area contributed by atoms with Crippen molar-refractivity contribution in [1.82, 2.24) is 0 Å². The fourth-order valence-electron chi connectivity index (χ4n) is 0.534. The van der Waals surface area contributed by atoms with Crippen molar-refractivity contribution < 1.29 is 0 Å². The first-order chi connectivity index (χ1) is 4.31. The molecule has 0 amide bonds. The molecule has 0 aromatic heterocycles. The topological polar surface area (TPSA) is 36.2 Å². The molecule has 0 aromatic carbocycles. The van der Waals surface area contributed by atoms with Gasteiger partial charge in [0, 0.05) is 0 Å². The molecular formula is C7H13ClN2. The van der Waals surface area contributed by atoms with Crippen molar-refractivity contribution in [3.05, 3.63) is 12.7 Å². The molecule has 0 aromatic rings. The second-order valence-corrected chi connectivity index (χ2v) is 1.96. The molecular weight excluding hydrogens is 148 g/mol. The van der Waals surface area contributed by atoms with Gasteiger partial charge in [-0.1, -0.05) is 6.08 Å². The van der Waals surface area contributed by atoms with Gasteiger partial charge in [-0.25, -0.2) is 10.4 Å². The van der Waals surface area contributed by atoms with Gasteiger partial charge in [-0.2, -0.15) is 0 Å². The monoisotopic (exact) mass is 160 g/mol. The third-order valence-electron chi connectivity index (χ3n) is 1.07. The minimum absolute atomic E-state index is 0. The molecule has 58 valence electrons. The number of hydrogen-bond acceptors (Lipinski definition) is 2. The fourth-order valence-corrected chi connectivity index (χ4v) is 0.534. The number of nitrogens with zero attached hydrogens (tertiary/aromatic N) is 1. The lowest BCUT2D eigenvalue weighted by Crippen LogP contribution is -1.94. The lowest BCUT2D eigenvalue weighted by atomic mass is 10.2. The van der Waals surface area contributed by atoms with Crippen LogP contribution in [-0.4, -0.2) is 12.1 Å². The lowest BCUT2D eigenvalue weighted by Gasteiger charge is -1.97. The molecule has 0 rings (SSSR count). The number of halogens is 1. The lowest BCUT2D eigenvalue weighted by molar-refractivity contribution is 0.681. The summed E-state index contributed by atoms with van der Waals surface area (Å²) in [5.74, 6) is 0. The molecule has 2 nitrogen and oxygen atoms in total. The normalized spacial score (nSPS) is 10.5. The van der Waals surface area contributed by atoms with E-state index in [1.165, 1.54) is 0 Å². The number of hydrogen-bond donors (Lipinski definition) is 1. The Morgan fingerprint density at radius 3 is 2.80 bits per heavy atom. The summed E-state index contributed by atoms with van der Waals surface area (Å²) in [7, 11) is 0. The molecule has 0 aliphatic rings. The van der Waals surface area contributed by atoms with Crippen molar-refractivity contribution >= 4 is 18.4 Å². The van der Waals surface area contributed by atoms with Crippen LogP contribution in [0.2, 0.25) is 0 Å². The molecule has 0 aliphatic heterocycles. The highest BCUT2D eigenvalue weighted by Gasteiger charge is 1.93. The summed E-state index contributed by atoms with van der Waals surface area (Å²) >= 11 is 0. The Hall–Kier alpha value is -0.590. The standard InChI is InChI=1S/C7H12N2.ClH/c1-3-4-5-7(2)9-6-8;/h3,7-8H,1,4-5H2,2H3;1H. The molecule has 0 aliphatic carbocycles. The third kappa shape index (κ3) is 7.41. The van der Waals surface area contributed by atoms with Gasteiger partial charge in [0.2, 0.25) is 0 Å². The van der Waals surface area contributed by atoms with Crippen LogP contribution in [0.15, 0.2) is 17.6 Å². The average molecular weight is 161 g/mol. The van der Waals surface area contributed by atoms with E-state index in [9.17, 15) is 0 Å². The number of nitrogens with one attached hydrogen (secondary N) is 1. The second-order valence-electron chi connectivity index (χ2n) is 1.96. The Balaban J connectivity index is 0. The maximum absolute atomic E-state index is 6.53. The highest BCUT2D eigenvalue weighted by molar-refractivity contribution is 5.85. The van der Waals surface area contributed by atoms with Gasteiger partial charge >= 0.3 is 0 Å². The van der Waals surface area contributed by atoms with Crippen LogP contribution in [0.3, 0.4) is 0 Å². The van der Waals surface area contributed by atoms with Crippen LogP contribution >= 0.6 is 12.4 Å². The first-order valence-electron chi connectivity index (χ1n) is 3.03. The number of rotatable bonds is 4. The van der Waals surface area contributed by atoms with E-state index in [2.05, 4.69) is 11.6 Å². The SMILES string of the molecule is C=CCCC(C)N=C=N.Cl. The first-order valence-corrected chi connectivity index (χ1v) is 3.03. The van der Waals surface area contributed by atoms with Crippen LogP contribution in [-0.2, 0) is 0 Å². The Morgan fingerprint density at radius 1 is 1.80 bits per heavy atom. The maximum Gasteiger partial charge on any atom is 0.0864 e. The zero-order chi connectivity index (χ0) is 7.11. The van der Waals surface area contributed by atoms with Gasteiger partial charge in [0.15, 0.2) is 0 Å². The van der Waals surface area contributed by atoms with E-state index in [1.54, 1.807) is 0 Å². The molecule has 10 heavy (non-hydrogen) atoms. The molecule has 3 heteroatoms. The quantitative estimate of drug-likeness (QED) is 0.485. The molecule has 0 saturated heterocycles. The predicted molar refractivity (Wildman–Crippen MR) is 46.3 cm³/mol. The maximum atomic E-state index is 6.53. The van der Waals surface area contributed by atoms with Crippen molar-refractivity contribution in [2.45, 2.75) is 25.8 Å². The molecule has 0 heterocycles. The van der Waals surface area contributed by atoms with Crippen molar-refractivity contribution in [2.24, 2.45) is 4.99 Å². The van der Waals surface area contributed by atoms with Crippen LogP contribution in [0.1, 0.15) is 19.8 Å². The summed E-state index contributed by atoms with van der Waals surface area (Å²) in [6.07, 6.45) is 3.79. The zero-order valence-corrected chi connectivity index (χ0v) is 6.95. The van der Waals surface area contributed by atoms with Gasteiger partial charge in [0.1, 0.15) is 0 Å². The van der Waals surface area contributed by atoms with Crippen LogP contribution < -0.4 is 0 Å². The summed E-state index contributed by atoms with van der Waals surface area (Å²) in [6, 6.07) is 2.24. The molecule has 0 bridgehead atoms. The highest BCUT2D eigenvalue weighted by Crippen LogP contribution is 1.99. The van der Waals surface area contributed by atoms with Gasteiger partial charge < -0.3 is 0 Å². The van der Waals surface area contributed by atoms with Gasteiger partial charge in [0.25, 0.3) is 0 Å². The first kappa shape index (κ1) is 12.1. The van der Waals surface area contributed by atoms with E-state index in [1.807, 2.05) is 19.0 Å². The van der Waals surface area contributed by atoms with Gasteiger partial charge in [-0.05, 0) is 19.8 Å². The van der Waals surface area contributed by atoms with Crippen LogP contribution in [0.4, 0.5) is 0 Å². The summed E-state index contributed by atoms with van der Waals surface area (Å²) in [5, 5.41) is 6.53. The Kier molecular flexibility index (Phi) is 10.2. The summed E-state index contributed by atoms with van der Waals surface area (Å²) in [5.41, 5.74) is 0. The predicted octanol–water partition coefficient (Wildman–Crippen LogP) is 2.52. The van der Waals surface area contributed by atoms with Crippen molar-refractivity contribution in [3.8, 4) is 0 Å². The average Bonchev–Trinajstić information content (AvgIpc) is 1.85. The van der Waals surface area contributed by atoms with Crippen molar-refractivity contribution in [1.29, 1.82) is 5.41 Å². The Morgan fingerprint density at radius 2 is 2.40 bits per heavy atom. The molecule has 1 atom stereocenters. The largest absolute Gasteiger partial charge is 0.242 e. The molecule has 1 unspecified atom stereocenters. The van der Waals surface area contributed by atoms with Gasteiger partial charge in [0.05, 0.1) is 12.1 Å². The van der Waals surface area contributed by atoms with E-state index in [0.29, 0.717) is 0 Å². The minimum atomic E-state index is 0.